The Kier molecular flexibility index (Phi) is 5.14. The van der Waals surface area contributed by atoms with Crippen molar-refractivity contribution in [2.24, 2.45) is 0 Å². The summed E-state index contributed by atoms with van der Waals surface area (Å²) in [5, 5.41) is 3.02. The molecule has 0 spiro atoms. The van der Waals surface area contributed by atoms with Crippen LogP contribution in [0.5, 0.6) is 0 Å². The molecule has 0 aliphatic carbocycles. The molecule has 0 saturated heterocycles. The molecule has 1 N–H and O–H groups in total. The Morgan fingerprint density at radius 1 is 0.960 bits per heavy atom. The second kappa shape index (κ2) is 7.67. The van der Waals surface area contributed by atoms with Crippen LogP contribution in [0.3, 0.4) is 0 Å². The SMILES string of the molecule is CC(CNC(=O)C=Cc1ccco1)(c1ccccc1)c1ccccc1. The van der Waals surface area contributed by atoms with Gasteiger partial charge in [0.25, 0.3) is 0 Å². The third kappa shape index (κ3) is 4.07. The van der Waals surface area contributed by atoms with Gasteiger partial charge in [0.15, 0.2) is 0 Å². The van der Waals surface area contributed by atoms with Gasteiger partial charge < -0.3 is 9.73 Å². The van der Waals surface area contributed by atoms with Gasteiger partial charge in [0, 0.05) is 18.0 Å². The Morgan fingerprint density at radius 3 is 2.08 bits per heavy atom. The highest BCUT2D eigenvalue weighted by atomic mass is 16.3. The molecule has 3 aromatic rings. The Bertz CT molecular complexity index is 781. The molecule has 3 heteroatoms. The quantitative estimate of drug-likeness (QED) is 0.680. The summed E-state index contributed by atoms with van der Waals surface area (Å²) in [6, 6.07) is 24.1. The number of carbonyl (C=O) groups excluding carboxylic acids is 1. The molecule has 0 aliphatic heterocycles. The number of amides is 1. The second-order valence-electron chi connectivity index (χ2n) is 6.13. The maximum atomic E-state index is 12.2. The normalized spacial score (nSPS) is 11.6. The van der Waals surface area contributed by atoms with Gasteiger partial charge >= 0.3 is 0 Å². The Balaban J connectivity index is 1.78. The van der Waals surface area contributed by atoms with Crippen molar-refractivity contribution in [1.82, 2.24) is 5.32 Å². The molecule has 0 aliphatic rings. The molecule has 0 bridgehead atoms. The summed E-state index contributed by atoms with van der Waals surface area (Å²) in [4.78, 5) is 12.2. The molecule has 3 nitrogen and oxygen atoms in total. The zero-order valence-corrected chi connectivity index (χ0v) is 14.2. The third-order valence-corrected chi connectivity index (χ3v) is 4.38. The lowest BCUT2D eigenvalue weighted by Crippen LogP contribution is -2.39. The van der Waals surface area contributed by atoms with Gasteiger partial charge in [0.1, 0.15) is 5.76 Å². The van der Waals surface area contributed by atoms with Gasteiger partial charge in [-0.3, -0.25) is 4.79 Å². The minimum absolute atomic E-state index is 0.144. The fourth-order valence-electron chi connectivity index (χ4n) is 2.85. The number of hydrogen-bond donors (Lipinski definition) is 1. The molecule has 0 saturated carbocycles. The monoisotopic (exact) mass is 331 g/mol. The summed E-state index contributed by atoms with van der Waals surface area (Å²) in [6.07, 6.45) is 4.74. The van der Waals surface area contributed by atoms with Crippen molar-refractivity contribution in [3.05, 3.63) is 102 Å². The maximum Gasteiger partial charge on any atom is 0.244 e. The molecule has 126 valence electrons. The molecular formula is C22H21NO2. The molecule has 2 aromatic carbocycles. The third-order valence-electron chi connectivity index (χ3n) is 4.38. The first kappa shape index (κ1) is 16.8. The lowest BCUT2D eigenvalue weighted by atomic mass is 9.76. The van der Waals surface area contributed by atoms with Gasteiger partial charge in [-0.05, 0) is 36.3 Å². The molecule has 25 heavy (non-hydrogen) atoms. The lowest BCUT2D eigenvalue weighted by molar-refractivity contribution is -0.116. The van der Waals surface area contributed by atoms with E-state index in [0.717, 1.165) is 11.1 Å². The number of carbonyl (C=O) groups is 1. The summed E-state index contributed by atoms with van der Waals surface area (Å²) >= 11 is 0. The van der Waals surface area contributed by atoms with Crippen LogP contribution in [-0.2, 0) is 10.2 Å². The van der Waals surface area contributed by atoms with Crippen LogP contribution in [-0.4, -0.2) is 12.5 Å². The fraction of sp³-hybridized carbons (Fsp3) is 0.136. The molecular weight excluding hydrogens is 310 g/mol. The van der Waals surface area contributed by atoms with E-state index in [0.29, 0.717) is 12.3 Å². The van der Waals surface area contributed by atoms with Crippen molar-refractivity contribution < 1.29 is 9.21 Å². The van der Waals surface area contributed by atoms with Crippen LogP contribution in [0.25, 0.3) is 6.08 Å². The molecule has 3 rings (SSSR count). The fourth-order valence-corrected chi connectivity index (χ4v) is 2.85. The predicted molar refractivity (Wildman–Crippen MR) is 100 cm³/mol. The van der Waals surface area contributed by atoms with Crippen LogP contribution in [0.15, 0.2) is 89.6 Å². The minimum atomic E-state index is -0.309. The molecule has 1 aromatic heterocycles. The first-order valence-electron chi connectivity index (χ1n) is 8.29. The molecule has 0 radical (unpaired) electrons. The van der Waals surface area contributed by atoms with Crippen LogP contribution >= 0.6 is 0 Å². The van der Waals surface area contributed by atoms with Crippen LogP contribution < -0.4 is 5.32 Å². The standard InChI is InChI=1S/C22H21NO2/c1-22(18-9-4-2-5-10-18,19-11-6-3-7-12-19)17-23-21(24)15-14-20-13-8-16-25-20/h2-16H,17H2,1H3,(H,23,24). The van der Waals surface area contributed by atoms with Gasteiger partial charge in [-0.1, -0.05) is 60.7 Å². The summed E-state index contributed by atoms with van der Waals surface area (Å²) < 4.78 is 5.20. The average molecular weight is 331 g/mol. The highest BCUT2D eigenvalue weighted by Gasteiger charge is 2.28. The second-order valence-corrected chi connectivity index (χ2v) is 6.13. The Hall–Kier alpha value is -3.07. The Morgan fingerprint density at radius 2 is 1.56 bits per heavy atom. The van der Waals surface area contributed by atoms with Crippen LogP contribution in [0.4, 0.5) is 0 Å². The summed E-state index contributed by atoms with van der Waals surface area (Å²) in [5.74, 6) is 0.513. The minimum Gasteiger partial charge on any atom is -0.465 e. The van der Waals surface area contributed by atoms with E-state index >= 15 is 0 Å². The number of hydrogen-bond acceptors (Lipinski definition) is 2. The maximum absolute atomic E-state index is 12.2. The van der Waals surface area contributed by atoms with E-state index in [1.54, 1.807) is 18.4 Å². The van der Waals surface area contributed by atoms with Gasteiger partial charge in [-0.25, -0.2) is 0 Å². The zero-order chi connectivity index (χ0) is 17.5. The highest BCUT2D eigenvalue weighted by molar-refractivity contribution is 5.91. The number of rotatable bonds is 6. The van der Waals surface area contributed by atoms with E-state index in [-0.39, 0.29) is 11.3 Å². The number of furan rings is 1. The van der Waals surface area contributed by atoms with Gasteiger partial charge in [-0.2, -0.15) is 0 Å². The van der Waals surface area contributed by atoms with Crippen molar-refractivity contribution in [1.29, 1.82) is 0 Å². The van der Waals surface area contributed by atoms with Crippen LogP contribution in [0.2, 0.25) is 0 Å². The predicted octanol–water partition coefficient (Wildman–Crippen LogP) is 4.42. The van der Waals surface area contributed by atoms with E-state index in [1.807, 2.05) is 42.5 Å². The topological polar surface area (TPSA) is 42.2 Å². The molecule has 1 amide bonds. The first-order chi connectivity index (χ1) is 12.2. The molecule has 0 unspecified atom stereocenters. The smallest absolute Gasteiger partial charge is 0.244 e. The van der Waals surface area contributed by atoms with E-state index in [1.165, 1.54) is 6.08 Å². The highest BCUT2D eigenvalue weighted by Crippen LogP contribution is 2.31. The number of nitrogens with one attached hydrogen (secondary N) is 1. The van der Waals surface area contributed by atoms with E-state index < -0.39 is 0 Å². The Labute approximate surface area is 148 Å². The van der Waals surface area contributed by atoms with E-state index in [4.69, 9.17) is 4.42 Å². The average Bonchev–Trinajstić information content (AvgIpc) is 3.19. The summed E-state index contributed by atoms with van der Waals surface area (Å²) in [6.45, 7) is 2.65. The molecule has 1 heterocycles. The lowest BCUT2D eigenvalue weighted by Gasteiger charge is -2.31. The van der Waals surface area contributed by atoms with Crippen molar-refractivity contribution in [3.8, 4) is 0 Å². The van der Waals surface area contributed by atoms with Crippen LogP contribution in [0, 0.1) is 0 Å². The van der Waals surface area contributed by atoms with Crippen molar-refractivity contribution >= 4 is 12.0 Å². The van der Waals surface area contributed by atoms with Crippen molar-refractivity contribution in [3.63, 3.8) is 0 Å². The van der Waals surface area contributed by atoms with Gasteiger partial charge in [-0.15, -0.1) is 0 Å². The zero-order valence-electron chi connectivity index (χ0n) is 14.2. The van der Waals surface area contributed by atoms with Crippen molar-refractivity contribution in [2.45, 2.75) is 12.3 Å². The number of benzene rings is 2. The first-order valence-corrected chi connectivity index (χ1v) is 8.29. The largest absolute Gasteiger partial charge is 0.465 e. The van der Waals surface area contributed by atoms with E-state index in [2.05, 4.69) is 36.5 Å². The van der Waals surface area contributed by atoms with Crippen molar-refractivity contribution in [2.75, 3.05) is 6.54 Å². The van der Waals surface area contributed by atoms with E-state index in [9.17, 15) is 4.79 Å². The summed E-state index contributed by atoms with van der Waals surface area (Å²) in [5.41, 5.74) is 2.02. The summed E-state index contributed by atoms with van der Waals surface area (Å²) in [7, 11) is 0. The molecule has 0 fully saturated rings. The molecule has 0 atom stereocenters. The van der Waals surface area contributed by atoms with Gasteiger partial charge in [0.05, 0.1) is 6.26 Å². The van der Waals surface area contributed by atoms with Gasteiger partial charge in [0.2, 0.25) is 5.91 Å². The van der Waals surface area contributed by atoms with Crippen LogP contribution in [0.1, 0.15) is 23.8 Å².